The summed E-state index contributed by atoms with van der Waals surface area (Å²) in [5.41, 5.74) is 0. The summed E-state index contributed by atoms with van der Waals surface area (Å²) in [6.45, 7) is 7.39. The van der Waals surface area contributed by atoms with Crippen molar-refractivity contribution in [2.45, 2.75) is 72.1 Å². The second-order valence-electron chi connectivity index (χ2n) is 6.90. The van der Waals surface area contributed by atoms with Crippen LogP contribution in [0.25, 0.3) is 0 Å². The van der Waals surface area contributed by atoms with E-state index in [0.29, 0.717) is 0 Å². The Kier molecular flexibility index (Phi) is 5.99. The fourth-order valence-electron chi connectivity index (χ4n) is 4.00. The normalized spacial score (nSPS) is 43.6. The smallest absolute Gasteiger partial charge is 0 e. The minimum Gasteiger partial charge on any atom is -0.412 e. The molecule has 0 saturated heterocycles. The van der Waals surface area contributed by atoms with Crippen molar-refractivity contribution in [1.82, 2.24) is 0 Å². The van der Waals surface area contributed by atoms with Crippen LogP contribution in [0.15, 0.2) is 0 Å². The van der Waals surface area contributed by atoms with Gasteiger partial charge in [-0.15, -0.1) is 0 Å². The van der Waals surface area contributed by atoms with Crippen LogP contribution in [-0.2, 0) is 0 Å². The lowest BCUT2D eigenvalue weighted by Crippen LogP contribution is -2.26. The minimum absolute atomic E-state index is 0. The van der Waals surface area contributed by atoms with Crippen molar-refractivity contribution in [2.75, 3.05) is 0 Å². The van der Waals surface area contributed by atoms with E-state index in [1.165, 1.54) is 51.4 Å². The molecule has 104 valence electrons. The summed E-state index contributed by atoms with van der Waals surface area (Å²) in [4.78, 5) is 0. The maximum absolute atomic E-state index is 2.48. The van der Waals surface area contributed by atoms with Crippen molar-refractivity contribution < 1.29 is 6.90 Å². The zero-order valence-electron chi connectivity index (χ0n) is 12.0. The van der Waals surface area contributed by atoms with E-state index in [9.17, 15) is 0 Å². The lowest BCUT2D eigenvalue weighted by molar-refractivity contribution is 0.145. The van der Waals surface area contributed by atoms with E-state index in [4.69, 9.17) is 0 Å². The average Bonchev–Trinajstić information content (AvgIpc) is 2.47. The molecule has 2 N–H and O–H groups in total. The largest absolute Gasteiger partial charge is 0.412 e. The van der Waals surface area contributed by atoms with Gasteiger partial charge < -0.3 is 5.48 Å². The Balaban J connectivity index is 0.00000144. The van der Waals surface area contributed by atoms with Crippen molar-refractivity contribution in [3.63, 3.8) is 0 Å². The molecular weight excluding hydrogens is 208 g/mol. The Morgan fingerprint density at radius 1 is 0.706 bits per heavy atom. The van der Waals surface area contributed by atoms with Crippen LogP contribution in [0.1, 0.15) is 73.6 Å². The molecule has 2 rings (SSSR count). The van der Waals surface area contributed by atoms with Crippen LogP contribution in [0.5, 0.6) is 0 Å². The summed E-state index contributed by atoms with van der Waals surface area (Å²) < 4.78 is 0. The highest BCUT2D eigenvalue weighted by Gasteiger charge is 2.30. The third kappa shape index (κ3) is 3.98. The van der Waals surface area contributed by atoms with E-state index in [1.54, 1.807) is 0 Å². The minimum atomic E-state index is 0. The van der Waals surface area contributed by atoms with Crippen molar-refractivity contribution in [1.29, 1.82) is 0 Å². The maximum Gasteiger partial charge on any atom is 0 e. The first-order valence-corrected chi connectivity index (χ1v) is 7.66. The molecule has 1 nitrogen and oxygen atoms in total. The van der Waals surface area contributed by atoms with Crippen LogP contribution in [0, 0.1) is 29.6 Å². The molecule has 0 amide bonds. The Morgan fingerprint density at radius 2 is 1.41 bits per heavy atom. The van der Waals surface area contributed by atoms with Crippen LogP contribution in [0.3, 0.4) is 0 Å². The van der Waals surface area contributed by atoms with E-state index in [2.05, 4.69) is 20.8 Å². The monoisotopic (exact) mass is 242 g/mol. The van der Waals surface area contributed by atoms with E-state index >= 15 is 0 Å². The molecule has 4 unspecified atom stereocenters. The van der Waals surface area contributed by atoms with Gasteiger partial charge in [0.15, 0.2) is 0 Å². The van der Waals surface area contributed by atoms with Crippen molar-refractivity contribution >= 4 is 0 Å². The van der Waals surface area contributed by atoms with Crippen LogP contribution in [0.4, 0.5) is 0 Å². The quantitative estimate of drug-likeness (QED) is 0.597. The second-order valence-corrected chi connectivity index (χ2v) is 6.90. The molecule has 2 fully saturated rings. The molecule has 0 aliphatic heterocycles. The van der Waals surface area contributed by atoms with Gasteiger partial charge in [0.2, 0.25) is 0 Å². The van der Waals surface area contributed by atoms with Crippen molar-refractivity contribution in [3.05, 3.63) is 0 Å². The fourth-order valence-corrected chi connectivity index (χ4v) is 4.00. The molecule has 0 bridgehead atoms. The van der Waals surface area contributed by atoms with Gasteiger partial charge in [0.05, 0.1) is 0 Å². The summed E-state index contributed by atoms with van der Waals surface area (Å²) in [5.74, 6) is 5.14. The highest BCUT2D eigenvalue weighted by Crippen LogP contribution is 2.42. The fraction of sp³-hybridized carbons (Fsp3) is 1.00. The lowest BCUT2D eigenvalue weighted by atomic mass is 9.69. The molecule has 0 aromatic heterocycles. The predicted octanol–water partition coefficient (Wildman–Crippen LogP) is 4.70. The molecule has 17 heavy (non-hydrogen) atoms. The van der Waals surface area contributed by atoms with E-state index in [1.807, 2.05) is 0 Å². The van der Waals surface area contributed by atoms with Crippen LogP contribution >= 0.6 is 0 Å². The van der Waals surface area contributed by atoms with Gasteiger partial charge in [-0.2, -0.15) is 0 Å². The summed E-state index contributed by atoms with van der Waals surface area (Å²) >= 11 is 0. The summed E-state index contributed by atoms with van der Waals surface area (Å²) in [6, 6.07) is 0. The average molecular weight is 242 g/mol. The molecule has 1 heteroatoms. The van der Waals surface area contributed by atoms with Gasteiger partial charge in [0, 0.05) is 1.43 Å². The summed E-state index contributed by atoms with van der Waals surface area (Å²) in [6.07, 6.45) is 12.1. The highest BCUT2D eigenvalue weighted by atomic mass is 16.0. The van der Waals surface area contributed by atoms with Gasteiger partial charge >= 0.3 is 0 Å². The molecule has 0 heterocycles. The summed E-state index contributed by atoms with van der Waals surface area (Å²) in [5, 5.41) is 0. The molecule has 0 spiro atoms. The van der Waals surface area contributed by atoms with Gasteiger partial charge in [-0.3, -0.25) is 0 Å². The van der Waals surface area contributed by atoms with Crippen LogP contribution in [-0.4, -0.2) is 5.48 Å². The first kappa shape index (κ1) is 15.0. The van der Waals surface area contributed by atoms with Gasteiger partial charge in [-0.1, -0.05) is 52.9 Å². The van der Waals surface area contributed by atoms with Crippen molar-refractivity contribution in [2.24, 2.45) is 29.6 Å². The molecule has 2 saturated carbocycles. The molecular formula is C16H34O. The number of hydrogen-bond donors (Lipinski definition) is 0. The third-order valence-corrected chi connectivity index (χ3v) is 5.61. The van der Waals surface area contributed by atoms with Crippen molar-refractivity contribution in [3.8, 4) is 0 Å². The van der Waals surface area contributed by atoms with Crippen LogP contribution in [0.2, 0.25) is 0 Å². The van der Waals surface area contributed by atoms with Gasteiger partial charge in [0.1, 0.15) is 0 Å². The van der Waals surface area contributed by atoms with E-state index in [0.717, 1.165) is 29.6 Å². The number of hydrogen-bond acceptors (Lipinski definition) is 0. The third-order valence-electron chi connectivity index (χ3n) is 5.61. The second kappa shape index (κ2) is 6.78. The topological polar surface area (TPSA) is 31.5 Å². The maximum atomic E-state index is 2.48. The SMILES string of the molecule is CC1CCCC([C@@H]2CCC(C)C(C)C2)CC1.O.[HH]. The molecule has 0 radical (unpaired) electrons. The summed E-state index contributed by atoms with van der Waals surface area (Å²) in [7, 11) is 0. The predicted molar refractivity (Wildman–Crippen MR) is 77.1 cm³/mol. The zero-order valence-corrected chi connectivity index (χ0v) is 12.0. The van der Waals surface area contributed by atoms with E-state index in [-0.39, 0.29) is 6.90 Å². The first-order valence-electron chi connectivity index (χ1n) is 7.66. The molecule has 2 aliphatic carbocycles. The highest BCUT2D eigenvalue weighted by molar-refractivity contribution is 4.81. The molecule has 0 aromatic rings. The zero-order chi connectivity index (χ0) is 11.5. The van der Waals surface area contributed by atoms with E-state index < -0.39 is 0 Å². The molecule has 5 atom stereocenters. The van der Waals surface area contributed by atoms with Gasteiger partial charge in [-0.25, -0.2) is 0 Å². The number of rotatable bonds is 1. The lowest BCUT2D eigenvalue weighted by Gasteiger charge is -2.36. The van der Waals surface area contributed by atoms with Gasteiger partial charge in [-0.05, 0) is 48.9 Å². The first-order chi connectivity index (χ1) is 7.66. The van der Waals surface area contributed by atoms with Crippen LogP contribution < -0.4 is 0 Å². The molecule has 0 aromatic carbocycles. The Morgan fingerprint density at radius 3 is 2.12 bits per heavy atom. The Labute approximate surface area is 109 Å². The van der Waals surface area contributed by atoms with Gasteiger partial charge in [0.25, 0.3) is 0 Å². The standard InChI is InChI=1S/C16H30.H2O.H2/c1-12-5-4-6-15(9-7-12)16-10-8-13(2)14(3)11-16;;/h12-16H,4-11H2,1-3H3;1H2;1H/t12?,13?,14?,15?,16-;;/m1../s1. The Hall–Kier alpha value is -0.0400. The Bertz CT molecular complexity index is 217. The molecule has 2 aliphatic rings.